The quantitative estimate of drug-likeness (QED) is 0.0281. The summed E-state index contributed by atoms with van der Waals surface area (Å²) in [6, 6.07) is 0. The molecule has 4 N–H and O–H groups in total. The minimum atomic E-state index is -1.53. The zero-order valence-electron chi connectivity index (χ0n) is 33.8. The molecule has 0 aromatic heterocycles. The SMILES string of the molecule is CCCCCCC/C=C\C/C=C\C/C=C\CCCCCCCCCCC(=O)OC(COCCCCCCCCC)COC1OC(CO)C(O)C(O)C1O. The van der Waals surface area contributed by atoms with Crippen LogP contribution in [0.1, 0.15) is 174 Å². The van der Waals surface area contributed by atoms with Crippen LogP contribution in [0.15, 0.2) is 36.5 Å². The summed E-state index contributed by atoms with van der Waals surface area (Å²) in [5.74, 6) is -0.323. The summed E-state index contributed by atoms with van der Waals surface area (Å²) in [5.41, 5.74) is 0. The van der Waals surface area contributed by atoms with Gasteiger partial charge in [-0.1, -0.05) is 153 Å². The third-order valence-electron chi connectivity index (χ3n) is 9.81. The molecule has 0 amide bonds. The van der Waals surface area contributed by atoms with E-state index >= 15 is 0 Å². The van der Waals surface area contributed by atoms with Gasteiger partial charge in [-0.05, 0) is 51.4 Å². The Morgan fingerprint density at radius 2 is 1.09 bits per heavy atom. The largest absolute Gasteiger partial charge is 0.457 e. The van der Waals surface area contributed by atoms with Gasteiger partial charge in [-0.15, -0.1) is 0 Å². The van der Waals surface area contributed by atoms with Crippen molar-refractivity contribution in [3.05, 3.63) is 36.5 Å². The molecule has 6 unspecified atom stereocenters. The van der Waals surface area contributed by atoms with Crippen LogP contribution in [-0.4, -0.2) is 89.6 Å². The Morgan fingerprint density at radius 3 is 1.64 bits per heavy atom. The van der Waals surface area contributed by atoms with Crippen molar-refractivity contribution >= 4 is 5.97 Å². The predicted octanol–water partition coefficient (Wildman–Crippen LogP) is 9.19. The number of unbranched alkanes of at least 4 members (excludes halogenated alkanes) is 19. The van der Waals surface area contributed by atoms with Crippen LogP contribution in [0.2, 0.25) is 0 Å². The van der Waals surface area contributed by atoms with Crippen LogP contribution in [0.3, 0.4) is 0 Å². The standard InChI is InChI=1S/C44H80O9/c1-3-5-7-9-11-12-13-14-15-16-17-18-19-20-21-22-23-24-25-26-27-29-31-33-40(46)52-38(36-50-34-32-30-28-10-8-6-4-2)37-51-44-43(49)42(48)41(47)39(35-45)53-44/h13-14,16-17,19-20,38-39,41-45,47-49H,3-12,15,18,21-37H2,1-2H3/b14-13-,17-16-,20-19-. The summed E-state index contributed by atoms with van der Waals surface area (Å²) in [4.78, 5) is 12.7. The maximum absolute atomic E-state index is 12.7. The number of hydrogen-bond donors (Lipinski definition) is 4. The number of ether oxygens (including phenoxy) is 4. The fourth-order valence-corrected chi connectivity index (χ4v) is 6.38. The Morgan fingerprint density at radius 1 is 0.604 bits per heavy atom. The normalized spacial score (nSPS) is 21.4. The molecule has 0 spiro atoms. The summed E-state index contributed by atoms with van der Waals surface area (Å²) in [6.45, 7) is 4.50. The molecule has 1 aliphatic rings. The minimum absolute atomic E-state index is 0.116. The lowest BCUT2D eigenvalue weighted by Gasteiger charge is -2.39. The third-order valence-corrected chi connectivity index (χ3v) is 9.81. The van der Waals surface area contributed by atoms with E-state index in [2.05, 4.69) is 50.3 Å². The number of carbonyl (C=O) groups is 1. The molecule has 1 rings (SSSR count). The van der Waals surface area contributed by atoms with Crippen LogP contribution in [0, 0.1) is 0 Å². The molecule has 0 aromatic rings. The van der Waals surface area contributed by atoms with Gasteiger partial charge in [-0.2, -0.15) is 0 Å². The highest BCUT2D eigenvalue weighted by molar-refractivity contribution is 5.69. The molecule has 53 heavy (non-hydrogen) atoms. The maximum atomic E-state index is 12.7. The molecule has 1 saturated heterocycles. The smallest absolute Gasteiger partial charge is 0.306 e. The Kier molecular flexibility index (Phi) is 33.6. The second-order valence-corrected chi connectivity index (χ2v) is 14.8. The van der Waals surface area contributed by atoms with Crippen LogP contribution < -0.4 is 0 Å². The zero-order valence-corrected chi connectivity index (χ0v) is 33.8. The monoisotopic (exact) mass is 753 g/mol. The van der Waals surface area contributed by atoms with Crippen molar-refractivity contribution in [2.24, 2.45) is 0 Å². The fourth-order valence-electron chi connectivity index (χ4n) is 6.38. The molecule has 1 heterocycles. The second-order valence-electron chi connectivity index (χ2n) is 14.8. The van der Waals surface area contributed by atoms with Crippen molar-refractivity contribution in [3.8, 4) is 0 Å². The van der Waals surface area contributed by atoms with Crippen molar-refractivity contribution in [1.82, 2.24) is 0 Å². The molecule has 6 atom stereocenters. The lowest BCUT2D eigenvalue weighted by Crippen LogP contribution is -2.59. The number of rotatable bonds is 36. The van der Waals surface area contributed by atoms with Gasteiger partial charge in [0.1, 0.15) is 30.5 Å². The molecule has 0 saturated carbocycles. The van der Waals surface area contributed by atoms with E-state index in [9.17, 15) is 25.2 Å². The summed E-state index contributed by atoms with van der Waals surface area (Å²) in [6.07, 6.45) is 34.7. The van der Waals surface area contributed by atoms with E-state index in [-0.39, 0.29) is 19.2 Å². The fraction of sp³-hybridized carbons (Fsp3) is 0.841. The molecule has 1 aliphatic heterocycles. The van der Waals surface area contributed by atoms with Crippen LogP contribution in [0.5, 0.6) is 0 Å². The average molecular weight is 753 g/mol. The third kappa shape index (κ3) is 27.6. The number of hydrogen-bond acceptors (Lipinski definition) is 9. The summed E-state index contributed by atoms with van der Waals surface area (Å²) >= 11 is 0. The summed E-state index contributed by atoms with van der Waals surface area (Å²) < 4.78 is 22.6. The highest BCUT2D eigenvalue weighted by atomic mass is 16.7. The van der Waals surface area contributed by atoms with Gasteiger partial charge in [0.15, 0.2) is 6.29 Å². The van der Waals surface area contributed by atoms with Gasteiger partial charge in [0.05, 0.1) is 19.8 Å². The number of allylic oxidation sites excluding steroid dienone is 6. The number of aliphatic hydroxyl groups is 4. The van der Waals surface area contributed by atoms with E-state index in [0.29, 0.717) is 13.0 Å². The Hall–Kier alpha value is -1.59. The van der Waals surface area contributed by atoms with Crippen LogP contribution in [-0.2, 0) is 23.7 Å². The van der Waals surface area contributed by atoms with Gasteiger partial charge >= 0.3 is 5.97 Å². The van der Waals surface area contributed by atoms with Crippen molar-refractivity contribution in [2.75, 3.05) is 26.4 Å². The first-order valence-corrected chi connectivity index (χ1v) is 21.6. The van der Waals surface area contributed by atoms with E-state index in [1.165, 1.54) is 103 Å². The molecular formula is C44H80O9. The first-order chi connectivity index (χ1) is 25.9. The Balaban J connectivity index is 2.19. The average Bonchev–Trinajstić information content (AvgIpc) is 3.16. The molecule has 9 heteroatoms. The van der Waals surface area contributed by atoms with E-state index in [1.807, 2.05) is 0 Å². The molecule has 9 nitrogen and oxygen atoms in total. The highest BCUT2D eigenvalue weighted by Crippen LogP contribution is 2.22. The Bertz CT molecular complexity index is 905. The second kappa shape index (κ2) is 36.1. The van der Waals surface area contributed by atoms with Crippen molar-refractivity contribution in [2.45, 2.75) is 211 Å². The maximum Gasteiger partial charge on any atom is 0.306 e. The Labute approximate surface area is 323 Å². The van der Waals surface area contributed by atoms with Crippen LogP contribution >= 0.6 is 0 Å². The number of esters is 1. The van der Waals surface area contributed by atoms with Crippen molar-refractivity contribution < 1.29 is 44.2 Å². The minimum Gasteiger partial charge on any atom is -0.457 e. The summed E-state index contributed by atoms with van der Waals surface area (Å²) in [7, 11) is 0. The van der Waals surface area contributed by atoms with Gasteiger partial charge in [0, 0.05) is 13.0 Å². The summed E-state index contributed by atoms with van der Waals surface area (Å²) in [5, 5.41) is 39.9. The van der Waals surface area contributed by atoms with E-state index < -0.39 is 43.4 Å². The first kappa shape index (κ1) is 49.4. The van der Waals surface area contributed by atoms with Gasteiger partial charge in [-0.3, -0.25) is 4.79 Å². The topological polar surface area (TPSA) is 135 Å². The molecule has 1 fully saturated rings. The van der Waals surface area contributed by atoms with Gasteiger partial charge < -0.3 is 39.4 Å². The predicted molar refractivity (Wildman–Crippen MR) is 215 cm³/mol. The van der Waals surface area contributed by atoms with E-state index in [0.717, 1.165) is 51.4 Å². The number of aliphatic hydroxyl groups excluding tert-OH is 4. The molecule has 310 valence electrons. The van der Waals surface area contributed by atoms with E-state index in [4.69, 9.17) is 18.9 Å². The highest BCUT2D eigenvalue weighted by Gasteiger charge is 2.44. The van der Waals surface area contributed by atoms with Gasteiger partial charge in [0.25, 0.3) is 0 Å². The van der Waals surface area contributed by atoms with Crippen molar-refractivity contribution in [1.29, 1.82) is 0 Å². The van der Waals surface area contributed by atoms with Crippen molar-refractivity contribution in [3.63, 3.8) is 0 Å². The molecule has 0 aromatic carbocycles. The molecule has 0 radical (unpaired) electrons. The van der Waals surface area contributed by atoms with Gasteiger partial charge in [0.2, 0.25) is 0 Å². The molecular weight excluding hydrogens is 672 g/mol. The zero-order chi connectivity index (χ0) is 38.6. The molecule has 0 bridgehead atoms. The number of carbonyl (C=O) groups excluding carboxylic acids is 1. The lowest BCUT2D eigenvalue weighted by molar-refractivity contribution is -0.305. The first-order valence-electron chi connectivity index (χ1n) is 21.6. The molecule has 0 aliphatic carbocycles. The lowest BCUT2D eigenvalue weighted by atomic mass is 9.99. The van der Waals surface area contributed by atoms with Crippen LogP contribution in [0.4, 0.5) is 0 Å². The van der Waals surface area contributed by atoms with Crippen LogP contribution in [0.25, 0.3) is 0 Å². The van der Waals surface area contributed by atoms with E-state index in [1.54, 1.807) is 0 Å². The van der Waals surface area contributed by atoms with Gasteiger partial charge in [-0.25, -0.2) is 0 Å².